The van der Waals surface area contributed by atoms with Crippen molar-refractivity contribution in [3.8, 4) is 0 Å². The lowest BCUT2D eigenvalue weighted by molar-refractivity contribution is 0.0869. The Morgan fingerprint density at radius 3 is 2.27 bits per heavy atom. The molecule has 1 aliphatic carbocycles. The van der Waals surface area contributed by atoms with Crippen molar-refractivity contribution in [1.82, 2.24) is 9.62 Å². The first-order chi connectivity index (χ1) is 15.5. The minimum atomic E-state index is -3.73. The molecule has 1 amide bonds. The van der Waals surface area contributed by atoms with Crippen molar-refractivity contribution in [1.29, 1.82) is 0 Å². The van der Waals surface area contributed by atoms with Crippen LogP contribution in [0.3, 0.4) is 0 Å². The van der Waals surface area contributed by atoms with Crippen LogP contribution >= 0.6 is 11.6 Å². The van der Waals surface area contributed by atoms with Gasteiger partial charge in [-0.25, -0.2) is 8.42 Å². The van der Waals surface area contributed by atoms with Crippen molar-refractivity contribution in [2.75, 3.05) is 6.61 Å². The fourth-order valence-electron chi connectivity index (χ4n) is 4.21. The highest BCUT2D eigenvalue weighted by molar-refractivity contribution is 7.89. The van der Waals surface area contributed by atoms with E-state index >= 15 is 0 Å². The van der Waals surface area contributed by atoms with Crippen LogP contribution in [-0.4, -0.2) is 41.9 Å². The van der Waals surface area contributed by atoms with E-state index in [4.69, 9.17) is 11.6 Å². The van der Waals surface area contributed by atoms with Crippen LogP contribution < -0.4 is 5.32 Å². The summed E-state index contributed by atoms with van der Waals surface area (Å²) in [6.45, 7) is 5.65. The zero-order chi connectivity index (χ0) is 24.2. The van der Waals surface area contributed by atoms with E-state index in [1.807, 2.05) is 0 Å². The fourth-order valence-corrected chi connectivity index (χ4v) is 6.07. The normalized spacial score (nSPS) is 19.5. The third kappa shape index (κ3) is 6.35. The Morgan fingerprint density at radius 2 is 1.70 bits per heavy atom. The molecule has 2 N–H and O–H groups in total. The summed E-state index contributed by atoms with van der Waals surface area (Å²) in [5.74, 6) is -0.0290. The molecule has 2 atom stereocenters. The summed E-state index contributed by atoms with van der Waals surface area (Å²) < 4.78 is 28.9. The molecule has 0 saturated heterocycles. The van der Waals surface area contributed by atoms with Crippen molar-refractivity contribution in [3.05, 3.63) is 64.7 Å². The molecule has 2 aromatic carbocycles. The summed E-state index contributed by atoms with van der Waals surface area (Å²) in [7, 11) is -3.73. The van der Waals surface area contributed by atoms with Gasteiger partial charge < -0.3 is 10.4 Å². The van der Waals surface area contributed by atoms with Gasteiger partial charge in [-0.2, -0.15) is 4.31 Å². The third-order valence-electron chi connectivity index (χ3n) is 6.26. The molecule has 0 aromatic heterocycles. The average molecular weight is 493 g/mol. The van der Waals surface area contributed by atoms with Gasteiger partial charge in [-0.3, -0.25) is 4.79 Å². The average Bonchev–Trinajstić information content (AvgIpc) is 2.78. The Balaban J connectivity index is 1.87. The van der Waals surface area contributed by atoms with Gasteiger partial charge in [-0.05, 0) is 74.6 Å². The summed E-state index contributed by atoms with van der Waals surface area (Å²) in [6, 6.07) is 13.2. The lowest BCUT2D eigenvalue weighted by Gasteiger charge is -2.37. The highest BCUT2D eigenvalue weighted by atomic mass is 35.5. The first-order valence-electron chi connectivity index (χ1n) is 11.3. The second-order valence-corrected chi connectivity index (χ2v) is 11.9. The third-order valence-corrected chi connectivity index (χ3v) is 8.40. The van der Waals surface area contributed by atoms with Gasteiger partial charge >= 0.3 is 0 Å². The Kier molecular flexibility index (Phi) is 8.22. The minimum absolute atomic E-state index is 0.0900. The molecule has 180 valence electrons. The van der Waals surface area contributed by atoms with Crippen LogP contribution in [0, 0.1) is 5.92 Å². The number of nitrogens with zero attached hydrogens (tertiary/aromatic N) is 1. The number of rotatable bonds is 8. The van der Waals surface area contributed by atoms with E-state index in [0.717, 1.165) is 31.2 Å². The lowest BCUT2D eigenvalue weighted by Crippen LogP contribution is -2.46. The van der Waals surface area contributed by atoms with Gasteiger partial charge in [0.05, 0.1) is 17.0 Å². The first-order valence-corrected chi connectivity index (χ1v) is 13.1. The van der Waals surface area contributed by atoms with Crippen molar-refractivity contribution in [2.24, 2.45) is 5.92 Å². The van der Waals surface area contributed by atoms with Gasteiger partial charge in [0.25, 0.3) is 5.91 Å². The Hall–Kier alpha value is -1.93. The predicted molar refractivity (Wildman–Crippen MR) is 131 cm³/mol. The Bertz CT molecular complexity index is 1050. The molecule has 33 heavy (non-hydrogen) atoms. The molecule has 1 aliphatic rings. The maximum Gasteiger partial charge on any atom is 0.251 e. The lowest BCUT2D eigenvalue weighted by atomic mass is 9.86. The number of carbonyl (C=O) groups excluding carboxylic acids is 1. The molecule has 1 saturated carbocycles. The first kappa shape index (κ1) is 25.7. The van der Waals surface area contributed by atoms with Crippen LogP contribution in [0.2, 0.25) is 5.02 Å². The second kappa shape index (κ2) is 10.6. The molecule has 0 radical (unpaired) electrons. The van der Waals surface area contributed by atoms with E-state index < -0.39 is 15.6 Å². The van der Waals surface area contributed by atoms with E-state index in [9.17, 15) is 18.3 Å². The molecule has 2 unspecified atom stereocenters. The standard InChI is InChI=1S/C25H33ClN2O4S/c1-18-6-4-5-7-23(18)28(33(31,32)22-14-12-21(26)13-15-22)16-19-8-10-20(11-9-19)24(30)27-25(2,3)17-29/h8-15,18,23,29H,4-7,16-17H2,1-3H3,(H,27,30). The van der Waals surface area contributed by atoms with E-state index in [2.05, 4.69) is 12.2 Å². The van der Waals surface area contributed by atoms with Crippen molar-refractivity contribution < 1.29 is 18.3 Å². The van der Waals surface area contributed by atoms with Crippen LogP contribution in [0.4, 0.5) is 0 Å². The van der Waals surface area contributed by atoms with Crippen LogP contribution in [0.15, 0.2) is 53.4 Å². The van der Waals surface area contributed by atoms with Crippen LogP contribution in [-0.2, 0) is 16.6 Å². The summed E-state index contributed by atoms with van der Waals surface area (Å²) in [5.41, 5.74) is 0.540. The highest BCUT2D eigenvalue weighted by Crippen LogP contribution is 2.33. The maximum absolute atomic E-state index is 13.7. The van der Waals surface area contributed by atoms with Gasteiger partial charge in [-0.15, -0.1) is 0 Å². The molecular weight excluding hydrogens is 460 g/mol. The number of nitrogens with one attached hydrogen (secondary N) is 1. The summed E-state index contributed by atoms with van der Waals surface area (Å²) >= 11 is 5.98. The smallest absolute Gasteiger partial charge is 0.251 e. The molecule has 0 bridgehead atoms. The van der Waals surface area contributed by atoms with E-state index in [-0.39, 0.29) is 35.9 Å². The van der Waals surface area contributed by atoms with Gasteiger partial charge in [0.15, 0.2) is 0 Å². The van der Waals surface area contributed by atoms with Crippen molar-refractivity contribution in [2.45, 2.75) is 69.5 Å². The Labute approximate surface area is 202 Å². The van der Waals surface area contributed by atoms with Crippen molar-refractivity contribution >= 4 is 27.5 Å². The summed E-state index contributed by atoms with van der Waals surface area (Å²) in [5, 5.41) is 12.7. The molecule has 3 rings (SSSR count). The number of amides is 1. The second-order valence-electron chi connectivity index (χ2n) is 9.53. The number of sulfonamides is 1. The predicted octanol–water partition coefficient (Wildman–Crippen LogP) is 4.61. The monoisotopic (exact) mass is 492 g/mol. The maximum atomic E-state index is 13.7. The fraction of sp³-hybridized carbons (Fsp3) is 0.480. The van der Waals surface area contributed by atoms with E-state index in [1.165, 1.54) is 0 Å². The van der Waals surface area contributed by atoms with Crippen LogP contribution in [0.5, 0.6) is 0 Å². The number of halogens is 1. The van der Waals surface area contributed by atoms with Gasteiger partial charge in [0, 0.05) is 23.2 Å². The zero-order valence-corrected chi connectivity index (χ0v) is 21.0. The number of benzene rings is 2. The molecule has 1 fully saturated rings. The van der Waals surface area contributed by atoms with Crippen LogP contribution in [0.25, 0.3) is 0 Å². The zero-order valence-electron chi connectivity index (χ0n) is 19.4. The molecule has 6 nitrogen and oxygen atoms in total. The highest BCUT2D eigenvalue weighted by Gasteiger charge is 2.36. The minimum Gasteiger partial charge on any atom is -0.394 e. The number of aliphatic hydroxyl groups excluding tert-OH is 1. The number of aliphatic hydroxyl groups is 1. The van der Waals surface area contributed by atoms with E-state index in [0.29, 0.717) is 10.6 Å². The number of carbonyl (C=O) groups is 1. The molecule has 0 heterocycles. The van der Waals surface area contributed by atoms with Crippen molar-refractivity contribution in [3.63, 3.8) is 0 Å². The van der Waals surface area contributed by atoms with Crippen LogP contribution in [0.1, 0.15) is 62.4 Å². The quantitative estimate of drug-likeness (QED) is 0.563. The number of hydrogen-bond acceptors (Lipinski definition) is 4. The van der Waals surface area contributed by atoms with Gasteiger partial charge in [0.1, 0.15) is 0 Å². The molecule has 8 heteroatoms. The molecule has 0 aliphatic heterocycles. The number of hydrogen-bond donors (Lipinski definition) is 2. The Morgan fingerprint density at radius 1 is 1.09 bits per heavy atom. The topological polar surface area (TPSA) is 86.7 Å². The molecule has 0 spiro atoms. The van der Waals surface area contributed by atoms with E-state index in [1.54, 1.807) is 66.7 Å². The molecule has 2 aromatic rings. The molecular formula is C25H33ClN2O4S. The summed E-state index contributed by atoms with van der Waals surface area (Å²) in [6.07, 6.45) is 3.93. The summed E-state index contributed by atoms with van der Waals surface area (Å²) in [4.78, 5) is 12.7. The largest absolute Gasteiger partial charge is 0.394 e. The van der Waals surface area contributed by atoms with Gasteiger partial charge in [-0.1, -0.05) is 43.5 Å². The SMILES string of the molecule is CC1CCCCC1N(Cc1ccc(C(=O)NC(C)(C)CO)cc1)S(=O)(=O)c1ccc(Cl)cc1. The van der Waals surface area contributed by atoms with Gasteiger partial charge in [0.2, 0.25) is 10.0 Å².